The van der Waals surface area contributed by atoms with E-state index >= 15 is 17.6 Å². The average Bonchev–Trinajstić information content (AvgIpc) is 3.76. The van der Waals surface area contributed by atoms with E-state index in [1.54, 1.807) is 30.0 Å². The minimum atomic E-state index is -5.22. The summed E-state index contributed by atoms with van der Waals surface area (Å²) in [6, 6.07) is 4.78. The Hall–Kier alpha value is -5.15. The Morgan fingerprint density at radius 2 is 1.94 bits per heavy atom. The predicted octanol–water partition coefficient (Wildman–Crippen LogP) is 6.80. The van der Waals surface area contributed by atoms with Crippen LogP contribution in [0.5, 0.6) is 11.8 Å². The SMILES string of the molecule is COc1nc2c3c(c(C(F)(F)F)c(-c4ncc(F)c5sc(N)c(C#N)c45)c(F)c3n1)OCCN2[C@H](C)c1cccnc1N.FC1CC2CCCN2C1. The van der Waals surface area contributed by atoms with Crippen molar-refractivity contribution in [1.29, 1.82) is 5.26 Å². The monoisotopic (exact) mass is 743 g/mol. The molecule has 7 heterocycles. The number of halogens is 6. The van der Waals surface area contributed by atoms with Gasteiger partial charge in [-0.05, 0) is 38.8 Å². The molecule has 2 unspecified atom stereocenters. The lowest BCUT2D eigenvalue weighted by Crippen LogP contribution is -2.31. The molecular weight excluding hydrogens is 712 g/mol. The third-order valence-corrected chi connectivity index (χ3v) is 10.6. The van der Waals surface area contributed by atoms with E-state index in [1.165, 1.54) is 26.1 Å². The van der Waals surface area contributed by atoms with Crippen LogP contribution in [0.1, 0.15) is 48.9 Å². The molecule has 3 aliphatic heterocycles. The highest BCUT2D eigenvalue weighted by molar-refractivity contribution is 7.23. The zero-order valence-electron chi connectivity index (χ0n) is 27.8. The number of thiophene rings is 1. The van der Waals surface area contributed by atoms with E-state index < -0.39 is 58.1 Å². The molecule has 272 valence electrons. The largest absolute Gasteiger partial charge is 0.490 e. The smallest absolute Gasteiger partial charge is 0.420 e. The number of methoxy groups -OCH3 is 1. The highest BCUT2D eigenvalue weighted by Crippen LogP contribution is 2.53. The van der Waals surface area contributed by atoms with E-state index in [4.69, 9.17) is 20.9 Å². The molecule has 0 spiro atoms. The van der Waals surface area contributed by atoms with Gasteiger partial charge in [0.2, 0.25) is 0 Å². The summed E-state index contributed by atoms with van der Waals surface area (Å²) in [5.74, 6) is -3.07. The van der Waals surface area contributed by atoms with E-state index in [1.807, 2.05) is 0 Å². The Balaban J connectivity index is 0.000000404. The van der Waals surface area contributed by atoms with Crippen LogP contribution in [-0.2, 0) is 6.18 Å². The molecule has 1 aromatic carbocycles. The summed E-state index contributed by atoms with van der Waals surface area (Å²) in [7, 11) is 1.22. The standard InChI is InChI=1S/C27H19F5N8O2S.C7H12FN/c1-10(11-4-3-5-36-23(11)34)40-6-7-42-21-16-20(38-26(41-2)39-25(16)40)18(29)15(17(21)27(30,31)32)19-14-12(8-33)24(35)43-22(14)13(28)9-37-19;8-6-4-7-2-1-3-9(7)5-6/h3-5,9-10H,6-7,35H2,1-2H3,(H2,34,36);6-7H,1-5H2/t10-;/m1./s1. The number of hydrogen-bond acceptors (Lipinski definition) is 12. The second kappa shape index (κ2) is 13.4. The van der Waals surface area contributed by atoms with Crippen LogP contribution in [0.4, 0.5) is 43.0 Å². The lowest BCUT2D eigenvalue weighted by molar-refractivity contribution is -0.138. The third kappa shape index (κ3) is 5.90. The molecule has 4 aromatic heterocycles. The maximum Gasteiger partial charge on any atom is 0.420 e. The quantitative estimate of drug-likeness (QED) is 0.187. The molecule has 8 rings (SSSR count). The van der Waals surface area contributed by atoms with Gasteiger partial charge in [-0.25, -0.2) is 18.2 Å². The number of nitrogens with zero attached hydrogens (tertiary/aromatic N) is 7. The van der Waals surface area contributed by atoms with Crippen molar-refractivity contribution < 1.29 is 35.8 Å². The van der Waals surface area contributed by atoms with Gasteiger partial charge in [0.05, 0.1) is 52.8 Å². The average molecular weight is 744 g/mol. The van der Waals surface area contributed by atoms with Crippen LogP contribution in [-0.4, -0.2) is 70.4 Å². The van der Waals surface area contributed by atoms with E-state index in [-0.39, 0.29) is 56.8 Å². The van der Waals surface area contributed by atoms with Gasteiger partial charge >= 0.3 is 12.2 Å². The van der Waals surface area contributed by atoms with Crippen LogP contribution in [0.3, 0.4) is 0 Å². The molecule has 3 aliphatic rings. The number of nitrogen functional groups attached to an aromatic ring is 2. The molecule has 0 radical (unpaired) electrons. The van der Waals surface area contributed by atoms with Gasteiger partial charge in [-0.1, -0.05) is 6.07 Å². The van der Waals surface area contributed by atoms with E-state index in [9.17, 15) is 14.0 Å². The predicted molar refractivity (Wildman–Crippen MR) is 183 cm³/mol. The molecule has 3 atom stereocenters. The number of fused-ring (bicyclic) bond motifs is 2. The summed E-state index contributed by atoms with van der Waals surface area (Å²) < 4.78 is 99.8. The number of hydrogen-bond donors (Lipinski definition) is 2. The molecule has 0 aliphatic carbocycles. The number of nitriles is 1. The van der Waals surface area contributed by atoms with Gasteiger partial charge in [0, 0.05) is 29.7 Å². The van der Waals surface area contributed by atoms with Crippen LogP contribution in [0.2, 0.25) is 0 Å². The Morgan fingerprint density at radius 1 is 1.15 bits per heavy atom. The highest BCUT2D eigenvalue weighted by atomic mass is 32.1. The summed E-state index contributed by atoms with van der Waals surface area (Å²) in [6.45, 7) is 3.31. The minimum Gasteiger partial charge on any atom is -0.490 e. The normalized spacial score (nSPS) is 19.1. The number of benzene rings is 1. The minimum absolute atomic E-state index is 0.00634. The number of alkyl halides is 4. The van der Waals surface area contributed by atoms with E-state index in [0.29, 0.717) is 35.7 Å². The first-order valence-electron chi connectivity index (χ1n) is 16.3. The molecule has 11 nitrogen and oxygen atoms in total. The van der Waals surface area contributed by atoms with Crippen molar-refractivity contribution in [2.45, 2.75) is 50.6 Å². The first kappa shape index (κ1) is 35.3. The van der Waals surface area contributed by atoms with Gasteiger partial charge in [0.15, 0.2) is 11.6 Å². The molecule has 2 saturated heterocycles. The van der Waals surface area contributed by atoms with Gasteiger partial charge in [-0.15, -0.1) is 11.3 Å². The first-order chi connectivity index (χ1) is 24.8. The van der Waals surface area contributed by atoms with Gasteiger partial charge in [0.1, 0.15) is 52.3 Å². The van der Waals surface area contributed by atoms with Crippen LogP contribution >= 0.6 is 11.3 Å². The number of rotatable bonds is 4. The molecular formula is C34H31F6N9O2S. The van der Waals surface area contributed by atoms with Crippen LogP contribution in [0, 0.1) is 23.0 Å². The number of pyridine rings is 2. The Bertz CT molecular complexity index is 2230. The Kier molecular flexibility index (Phi) is 9.11. The summed E-state index contributed by atoms with van der Waals surface area (Å²) in [6.07, 6.45) is -0.273. The third-order valence-electron chi connectivity index (χ3n) is 9.61. The Labute approximate surface area is 296 Å². The van der Waals surface area contributed by atoms with Crippen molar-refractivity contribution in [2.24, 2.45) is 0 Å². The van der Waals surface area contributed by atoms with Crippen LogP contribution < -0.4 is 25.8 Å². The van der Waals surface area contributed by atoms with Crippen molar-refractivity contribution in [1.82, 2.24) is 24.8 Å². The maximum atomic E-state index is 16.7. The zero-order valence-corrected chi connectivity index (χ0v) is 28.6. The van der Waals surface area contributed by atoms with Crippen molar-refractivity contribution in [3.63, 3.8) is 0 Å². The second-order valence-corrected chi connectivity index (χ2v) is 13.6. The van der Waals surface area contributed by atoms with Crippen molar-refractivity contribution in [3.05, 3.63) is 52.9 Å². The number of nitrogens with two attached hydrogens (primary N) is 2. The van der Waals surface area contributed by atoms with Crippen LogP contribution in [0.15, 0.2) is 24.5 Å². The lowest BCUT2D eigenvalue weighted by Gasteiger charge is -2.30. The summed E-state index contributed by atoms with van der Waals surface area (Å²) >= 11 is 0.635. The van der Waals surface area contributed by atoms with Crippen molar-refractivity contribution in [2.75, 3.05) is 49.7 Å². The fourth-order valence-corrected chi connectivity index (χ4v) is 8.22. The zero-order chi connectivity index (χ0) is 37.1. The summed E-state index contributed by atoms with van der Waals surface area (Å²) in [5, 5.41) is 8.81. The lowest BCUT2D eigenvalue weighted by atomic mass is 9.95. The van der Waals surface area contributed by atoms with E-state index in [2.05, 4.69) is 24.8 Å². The molecule has 18 heteroatoms. The molecule has 4 N–H and O–H groups in total. The fourth-order valence-electron chi connectivity index (χ4n) is 7.29. The topological polar surface area (TPSA) is 152 Å². The first-order valence-corrected chi connectivity index (χ1v) is 17.1. The van der Waals surface area contributed by atoms with Gasteiger partial charge in [0.25, 0.3) is 0 Å². The van der Waals surface area contributed by atoms with Gasteiger partial charge in [-0.2, -0.15) is 28.4 Å². The van der Waals surface area contributed by atoms with Crippen molar-refractivity contribution >= 4 is 49.0 Å². The van der Waals surface area contributed by atoms with Gasteiger partial charge in [-0.3, -0.25) is 9.88 Å². The molecule has 0 bridgehead atoms. The number of aromatic nitrogens is 4. The Morgan fingerprint density at radius 3 is 2.63 bits per heavy atom. The summed E-state index contributed by atoms with van der Waals surface area (Å²) in [4.78, 5) is 20.2. The van der Waals surface area contributed by atoms with Crippen molar-refractivity contribution in [3.8, 4) is 29.1 Å². The second-order valence-electron chi connectivity index (χ2n) is 12.6. The summed E-state index contributed by atoms with van der Waals surface area (Å²) in [5.41, 5.74) is 8.34. The number of anilines is 3. The number of ether oxygens (including phenoxy) is 2. The molecule has 0 amide bonds. The van der Waals surface area contributed by atoms with E-state index in [0.717, 1.165) is 13.0 Å². The molecule has 5 aromatic rings. The molecule has 2 fully saturated rings. The van der Waals surface area contributed by atoms with Crippen LogP contribution in [0.25, 0.3) is 32.2 Å². The molecule has 0 saturated carbocycles. The fraction of sp³-hybridized carbons (Fsp3) is 0.382. The maximum absolute atomic E-state index is 16.7. The van der Waals surface area contributed by atoms with Gasteiger partial charge < -0.3 is 25.8 Å². The molecule has 52 heavy (non-hydrogen) atoms. The highest BCUT2D eigenvalue weighted by Gasteiger charge is 2.44.